The third-order valence-corrected chi connectivity index (χ3v) is 4.82. The number of sulfonamides is 1. The number of hydrogen-bond acceptors (Lipinski definition) is 2. The summed E-state index contributed by atoms with van der Waals surface area (Å²) in [6, 6.07) is 0.0359. The Morgan fingerprint density at radius 2 is 2.00 bits per heavy atom. The van der Waals surface area contributed by atoms with Crippen LogP contribution in [-0.4, -0.2) is 25.5 Å². The number of rotatable bonds is 7. The van der Waals surface area contributed by atoms with Crippen LogP contribution in [0, 0.1) is 11.8 Å². The lowest BCUT2D eigenvalue weighted by atomic mass is 10.1. The van der Waals surface area contributed by atoms with Crippen molar-refractivity contribution in [1.29, 1.82) is 0 Å². The monoisotopic (exact) mass is 297 g/mol. The molecule has 15 heavy (non-hydrogen) atoms. The van der Waals surface area contributed by atoms with Crippen molar-refractivity contribution >= 4 is 26.0 Å². The van der Waals surface area contributed by atoms with Crippen LogP contribution in [0.15, 0.2) is 0 Å². The molecule has 5 heteroatoms. The Hall–Kier alpha value is 0.390. The number of hydrogen-bond donors (Lipinski definition) is 1. The van der Waals surface area contributed by atoms with Crippen LogP contribution in [0.2, 0.25) is 0 Å². The molecule has 0 radical (unpaired) electrons. The van der Waals surface area contributed by atoms with E-state index < -0.39 is 10.0 Å². The van der Waals surface area contributed by atoms with E-state index in [4.69, 9.17) is 0 Å². The smallest absolute Gasteiger partial charge is 0.212 e. The Labute approximate surface area is 101 Å². The van der Waals surface area contributed by atoms with Crippen LogP contribution in [0.25, 0.3) is 0 Å². The molecule has 3 nitrogen and oxygen atoms in total. The molecule has 0 aliphatic heterocycles. The van der Waals surface area contributed by atoms with Crippen LogP contribution >= 0.6 is 15.9 Å². The van der Waals surface area contributed by atoms with Gasteiger partial charge < -0.3 is 0 Å². The molecule has 0 spiro atoms. The van der Waals surface area contributed by atoms with E-state index in [-0.39, 0.29) is 6.04 Å². The molecule has 1 aliphatic rings. The Morgan fingerprint density at radius 3 is 2.40 bits per heavy atom. The van der Waals surface area contributed by atoms with Gasteiger partial charge in [0.15, 0.2) is 0 Å². The average molecular weight is 298 g/mol. The fourth-order valence-electron chi connectivity index (χ4n) is 1.61. The van der Waals surface area contributed by atoms with Gasteiger partial charge in [0.25, 0.3) is 0 Å². The third kappa shape index (κ3) is 5.88. The predicted octanol–water partition coefficient (Wildman–Crippen LogP) is 2.13. The topological polar surface area (TPSA) is 46.2 Å². The first-order valence-electron chi connectivity index (χ1n) is 5.49. The van der Waals surface area contributed by atoms with Crippen LogP contribution in [0.4, 0.5) is 0 Å². The summed E-state index contributed by atoms with van der Waals surface area (Å²) in [7, 11) is -3.06. The van der Waals surface area contributed by atoms with Crippen molar-refractivity contribution in [3.63, 3.8) is 0 Å². The molecular formula is C10H20BrNO2S. The SMILES string of the molecule is CC(C)CC(CBr)NS(=O)(=O)CC1CC1. The van der Waals surface area contributed by atoms with Crippen molar-refractivity contribution in [3.8, 4) is 0 Å². The van der Waals surface area contributed by atoms with Gasteiger partial charge in [-0.3, -0.25) is 0 Å². The van der Waals surface area contributed by atoms with Gasteiger partial charge in [-0.25, -0.2) is 13.1 Å². The second-order valence-corrected chi connectivity index (χ2v) is 7.27. The van der Waals surface area contributed by atoms with Crippen molar-refractivity contribution < 1.29 is 8.42 Å². The predicted molar refractivity (Wildman–Crippen MR) is 66.7 cm³/mol. The van der Waals surface area contributed by atoms with Gasteiger partial charge in [0, 0.05) is 11.4 Å². The van der Waals surface area contributed by atoms with Gasteiger partial charge in [0.2, 0.25) is 10.0 Å². The highest BCUT2D eigenvalue weighted by atomic mass is 79.9. The third-order valence-electron chi connectivity index (χ3n) is 2.44. The normalized spacial score (nSPS) is 19.5. The summed E-state index contributed by atoms with van der Waals surface area (Å²) in [6.07, 6.45) is 3.03. The van der Waals surface area contributed by atoms with Gasteiger partial charge in [-0.1, -0.05) is 29.8 Å². The maximum atomic E-state index is 11.7. The molecule has 0 heterocycles. The van der Waals surface area contributed by atoms with Crippen LogP contribution in [-0.2, 0) is 10.0 Å². The van der Waals surface area contributed by atoms with Gasteiger partial charge in [-0.05, 0) is 31.1 Å². The first kappa shape index (κ1) is 13.5. The van der Waals surface area contributed by atoms with Crippen molar-refractivity contribution in [1.82, 2.24) is 4.72 Å². The number of alkyl halides is 1. The van der Waals surface area contributed by atoms with E-state index in [0.29, 0.717) is 22.9 Å². The molecule has 90 valence electrons. The Kier molecular flexibility index (Phi) is 5.06. The van der Waals surface area contributed by atoms with Crippen LogP contribution in [0.3, 0.4) is 0 Å². The summed E-state index contributed by atoms with van der Waals surface area (Å²) in [5.74, 6) is 1.24. The van der Waals surface area contributed by atoms with E-state index in [9.17, 15) is 8.42 Å². The van der Waals surface area contributed by atoms with Gasteiger partial charge in [0.05, 0.1) is 5.75 Å². The molecule has 1 aliphatic carbocycles. The molecule has 0 aromatic carbocycles. The van der Waals surface area contributed by atoms with Crippen molar-refractivity contribution in [2.75, 3.05) is 11.1 Å². The van der Waals surface area contributed by atoms with E-state index in [0.717, 1.165) is 19.3 Å². The molecule has 1 rings (SSSR count). The highest BCUT2D eigenvalue weighted by molar-refractivity contribution is 9.09. The lowest BCUT2D eigenvalue weighted by Gasteiger charge is -2.18. The van der Waals surface area contributed by atoms with Crippen LogP contribution < -0.4 is 4.72 Å². The summed E-state index contributed by atoms with van der Waals surface area (Å²) < 4.78 is 26.2. The lowest BCUT2D eigenvalue weighted by Crippen LogP contribution is -2.38. The highest BCUT2D eigenvalue weighted by Crippen LogP contribution is 2.30. The first-order chi connectivity index (χ1) is 6.93. The van der Waals surface area contributed by atoms with Crippen molar-refractivity contribution in [2.45, 2.75) is 39.2 Å². The zero-order valence-corrected chi connectivity index (χ0v) is 11.8. The summed E-state index contributed by atoms with van der Waals surface area (Å²) >= 11 is 3.35. The average Bonchev–Trinajstić information content (AvgIpc) is 2.84. The molecule has 0 aromatic rings. The first-order valence-corrected chi connectivity index (χ1v) is 8.26. The quantitative estimate of drug-likeness (QED) is 0.732. The second-order valence-electron chi connectivity index (χ2n) is 4.82. The zero-order valence-electron chi connectivity index (χ0n) is 9.37. The molecular weight excluding hydrogens is 278 g/mol. The molecule has 0 aromatic heterocycles. The number of nitrogens with one attached hydrogen (secondary N) is 1. The molecule has 1 atom stereocenters. The minimum Gasteiger partial charge on any atom is -0.212 e. The standard InChI is InChI=1S/C10H20BrNO2S/c1-8(2)5-10(6-11)12-15(13,14)7-9-3-4-9/h8-10,12H,3-7H2,1-2H3. The highest BCUT2D eigenvalue weighted by Gasteiger charge is 2.29. The number of halogens is 1. The second kappa shape index (κ2) is 5.64. The molecule has 1 N–H and O–H groups in total. The maximum Gasteiger partial charge on any atom is 0.212 e. The van der Waals surface area contributed by atoms with E-state index >= 15 is 0 Å². The molecule has 0 amide bonds. The van der Waals surface area contributed by atoms with Crippen LogP contribution in [0.5, 0.6) is 0 Å². The lowest BCUT2D eigenvalue weighted by molar-refractivity contribution is 0.487. The Balaban J connectivity index is 2.41. The van der Waals surface area contributed by atoms with Gasteiger partial charge in [-0.15, -0.1) is 0 Å². The zero-order chi connectivity index (χ0) is 11.5. The maximum absolute atomic E-state index is 11.7. The van der Waals surface area contributed by atoms with E-state index in [1.807, 2.05) is 0 Å². The van der Waals surface area contributed by atoms with Gasteiger partial charge in [-0.2, -0.15) is 0 Å². The minimum atomic E-state index is -3.06. The van der Waals surface area contributed by atoms with Crippen molar-refractivity contribution in [3.05, 3.63) is 0 Å². The molecule has 1 saturated carbocycles. The van der Waals surface area contributed by atoms with E-state index in [1.165, 1.54) is 0 Å². The Bertz CT molecular complexity index is 286. The van der Waals surface area contributed by atoms with Gasteiger partial charge >= 0.3 is 0 Å². The van der Waals surface area contributed by atoms with Crippen LogP contribution in [0.1, 0.15) is 33.1 Å². The van der Waals surface area contributed by atoms with Crippen molar-refractivity contribution in [2.24, 2.45) is 11.8 Å². The molecule has 0 bridgehead atoms. The van der Waals surface area contributed by atoms with Gasteiger partial charge in [0.1, 0.15) is 0 Å². The van der Waals surface area contributed by atoms with E-state index in [2.05, 4.69) is 34.5 Å². The fraction of sp³-hybridized carbons (Fsp3) is 1.00. The van der Waals surface area contributed by atoms with E-state index in [1.54, 1.807) is 0 Å². The molecule has 0 saturated heterocycles. The molecule has 1 unspecified atom stereocenters. The summed E-state index contributed by atoms with van der Waals surface area (Å²) in [5, 5.41) is 0.690. The minimum absolute atomic E-state index is 0.0359. The largest absolute Gasteiger partial charge is 0.212 e. The molecule has 1 fully saturated rings. The summed E-state index contributed by atoms with van der Waals surface area (Å²) in [4.78, 5) is 0. The Morgan fingerprint density at radius 1 is 1.40 bits per heavy atom. The summed E-state index contributed by atoms with van der Waals surface area (Å²) in [6.45, 7) is 4.20. The fourth-order valence-corrected chi connectivity index (χ4v) is 3.99. The summed E-state index contributed by atoms with van der Waals surface area (Å²) in [5.41, 5.74) is 0.